The SMILES string of the molecule is CC1CCN(C(=O)Cc2ccccc2)C1. The van der Waals surface area contributed by atoms with Crippen LogP contribution in [0.25, 0.3) is 0 Å². The van der Waals surface area contributed by atoms with Crippen LogP contribution < -0.4 is 0 Å². The topological polar surface area (TPSA) is 20.3 Å². The molecular formula is C13H17NO. The van der Waals surface area contributed by atoms with Crippen molar-refractivity contribution in [2.45, 2.75) is 19.8 Å². The maximum atomic E-state index is 11.9. The highest BCUT2D eigenvalue weighted by Crippen LogP contribution is 2.16. The van der Waals surface area contributed by atoms with Crippen LogP contribution in [-0.2, 0) is 11.2 Å². The summed E-state index contributed by atoms with van der Waals surface area (Å²) in [6.45, 7) is 4.08. The van der Waals surface area contributed by atoms with E-state index in [9.17, 15) is 4.79 Å². The summed E-state index contributed by atoms with van der Waals surface area (Å²) in [5.41, 5.74) is 1.11. The molecule has 0 radical (unpaired) electrons. The molecule has 1 aliphatic rings. The van der Waals surface area contributed by atoms with Crippen LogP contribution in [0.15, 0.2) is 30.3 Å². The summed E-state index contributed by atoms with van der Waals surface area (Å²) in [6.07, 6.45) is 1.70. The first-order valence-electron chi connectivity index (χ1n) is 5.57. The fourth-order valence-corrected chi connectivity index (χ4v) is 2.04. The summed E-state index contributed by atoms with van der Waals surface area (Å²) in [7, 11) is 0. The number of benzene rings is 1. The molecule has 0 N–H and O–H groups in total. The third-order valence-corrected chi connectivity index (χ3v) is 2.97. The average Bonchev–Trinajstić information content (AvgIpc) is 2.66. The lowest BCUT2D eigenvalue weighted by molar-refractivity contribution is -0.129. The second-order valence-electron chi connectivity index (χ2n) is 4.40. The molecule has 0 bridgehead atoms. The molecular weight excluding hydrogens is 186 g/mol. The summed E-state index contributed by atoms with van der Waals surface area (Å²) in [6, 6.07) is 9.96. The molecule has 1 amide bonds. The normalized spacial score (nSPS) is 20.6. The number of hydrogen-bond donors (Lipinski definition) is 0. The van der Waals surface area contributed by atoms with Gasteiger partial charge in [0.05, 0.1) is 6.42 Å². The van der Waals surface area contributed by atoms with Crippen molar-refractivity contribution in [1.82, 2.24) is 4.90 Å². The van der Waals surface area contributed by atoms with Crippen molar-refractivity contribution in [3.63, 3.8) is 0 Å². The van der Waals surface area contributed by atoms with Gasteiger partial charge in [-0.05, 0) is 17.9 Å². The van der Waals surface area contributed by atoms with Crippen LogP contribution in [0.3, 0.4) is 0 Å². The highest BCUT2D eigenvalue weighted by molar-refractivity contribution is 5.79. The van der Waals surface area contributed by atoms with Crippen molar-refractivity contribution in [3.8, 4) is 0 Å². The summed E-state index contributed by atoms with van der Waals surface area (Å²) in [4.78, 5) is 13.9. The molecule has 0 aliphatic carbocycles. The number of likely N-dealkylation sites (tertiary alicyclic amines) is 1. The Morgan fingerprint density at radius 2 is 2.13 bits per heavy atom. The van der Waals surface area contributed by atoms with Crippen molar-refractivity contribution in [2.24, 2.45) is 5.92 Å². The molecule has 1 heterocycles. The quantitative estimate of drug-likeness (QED) is 0.720. The van der Waals surface area contributed by atoms with E-state index in [1.807, 2.05) is 35.2 Å². The smallest absolute Gasteiger partial charge is 0.226 e. The van der Waals surface area contributed by atoms with Gasteiger partial charge in [0.25, 0.3) is 0 Å². The Morgan fingerprint density at radius 3 is 2.73 bits per heavy atom. The molecule has 2 nitrogen and oxygen atoms in total. The van der Waals surface area contributed by atoms with Gasteiger partial charge in [-0.3, -0.25) is 4.79 Å². The van der Waals surface area contributed by atoms with Gasteiger partial charge in [0.1, 0.15) is 0 Å². The highest BCUT2D eigenvalue weighted by Gasteiger charge is 2.22. The van der Waals surface area contributed by atoms with Crippen molar-refractivity contribution >= 4 is 5.91 Å². The first-order chi connectivity index (χ1) is 7.25. The summed E-state index contributed by atoms with van der Waals surface area (Å²) < 4.78 is 0. The number of carbonyl (C=O) groups is 1. The zero-order valence-corrected chi connectivity index (χ0v) is 9.15. The lowest BCUT2D eigenvalue weighted by Crippen LogP contribution is -2.29. The summed E-state index contributed by atoms with van der Waals surface area (Å²) in [5, 5.41) is 0. The zero-order chi connectivity index (χ0) is 10.7. The van der Waals surface area contributed by atoms with Gasteiger partial charge in [0.15, 0.2) is 0 Å². The molecule has 15 heavy (non-hydrogen) atoms. The predicted octanol–water partition coefficient (Wildman–Crippen LogP) is 2.10. The fourth-order valence-electron chi connectivity index (χ4n) is 2.04. The molecule has 0 spiro atoms. The Labute approximate surface area is 90.9 Å². The Kier molecular flexibility index (Phi) is 3.05. The lowest BCUT2D eigenvalue weighted by atomic mass is 10.1. The monoisotopic (exact) mass is 203 g/mol. The van der Waals surface area contributed by atoms with Gasteiger partial charge in [-0.15, -0.1) is 0 Å². The predicted molar refractivity (Wildman–Crippen MR) is 60.5 cm³/mol. The molecule has 1 saturated heterocycles. The van der Waals surface area contributed by atoms with E-state index in [1.165, 1.54) is 0 Å². The van der Waals surface area contributed by atoms with Gasteiger partial charge in [0.2, 0.25) is 5.91 Å². The Bertz CT molecular complexity index is 334. The van der Waals surface area contributed by atoms with Crippen LogP contribution in [0.5, 0.6) is 0 Å². The highest BCUT2D eigenvalue weighted by atomic mass is 16.2. The van der Waals surface area contributed by atoms with E-state index in [4.69, 9.17) is 0 Å². The van der Waals surface area contributed by atoms with E-state index >= 15 is 0 Å². The average molecular weight is 203 g/mol. The molecule has 1 unspecified atom stereocenters. The molecule has 1 aromatic carbocycles. The van der Waals surface area contributed by atoms with Gasteiger partial charge in [-0.25, -0.2) is 0 Å². The van der Waals surface area contributed by atoms with Crippen molar-refractivity contribution in [1.29, 1.82) is 0 Å². The minimum Gasteiger partial charge on any atom is -0.342 e. The van der Waals surface area contributed by atoms with Crippen molar-refractivity contribution in [2.75, 3.05) is 13.1 Å². The van der Waals surface area contributed by atoms with Crippen LogP contribution in [-0.4, -0.2) is 23.9 Å². The largest absolute Gasteiger partial charge is 0.342 e. The molecule has 0 saturated carbocycles. The molecule has 2 heteroatoms. The van der Waals surface area contributed by atoms with E-state index in [0.717, 1.165) is 25.1 Å². The molecule has 1 fully saturated rings. The maximum Gasteiger partial charge on any atom is 0.226 e. The Balaban J connectivity index is 1.93. The van der Waals surface area contributed by atoms with Gasteiger partial charge < -0.3 is 4.90 Å². The molecule has 1 aromatic rings. The standard InChI is InChI=1S/C13H17NO/c1-11-7-8-14(10-11)13(15)9-12-5-3-2-4-6-12/h2-6,11H,7-10H2,1H3. The van der Waals surface area contributed by atoms with Crippen LogP contribution >= 0.6 is 0 Å². The van der Waals surface area contributed by atoms with Crippen LogP contribution in [0.4, 0.5) is 0 Å². The van der Waals surface area contributed by atoms with Gasteiger partial charge in [-0.2, -0.15) is 0 Å². The number of carbonyl (C=O) groups excluding carboxylic acids is 1. The first kappa shape index (κ1) is 10.2. The third kappa shape index (κ3) is 2.58. The van der Waals surface area contributed by atoms with Gasteiger partial charge in [-0.1, -0.05) is 37.3 Å². The van der Waals surface area contributed by atoms with Crippen molar-refractivity contribution < 1.29 is 4.79 Å². The van der Waals surface area contributed by atoms with E-state index in [1.54, 1.807) is 0 Å². The zero-order valence-electron chi connectivity index (χ0n) is 9.15. The summed E-state index contributed by atoms with van der Waals surface area (Å²) >= 11 is 0. The number of amides is 1. The summed E-state index contributed by atoms with van der Waals surface area (Å²) in [5.74, 6) is 0.940. The van der Waals surface area contributed by atoms with E-state index in [0.29, 0.717) is 12.3 Å². The molecule has 1 aliphatic heterocycles. The second-order valence-corrected chi connectivity index (χ2v) is 4.40. The lowest BCUT2D eigenvalue weighted by Gasteiger charge is -2.15. The Morgan fingerprint density at radius 1 is 1.40 bits per heavy atom. The fraction of sp³-hybridized carbons (Fsp3) is 0.462. The van der Waals surface area contributed by atoms with E-state index in [-0.39, 0.29) is 5.91 Å². The van der Waals surface area contributed by atoms with Gasteiger partial charge >= 0.3 is 0 Å². The number of hydrogen-bond acceptors (Lipinski definition) is 1. The minimum absolute atomic E-state index is 0.269. The van der Waals surface area contributed by atoms with Crippen molar-refractivity contribution in [3.05, 3.63) is 35.9 Å². The number of nitrogens with zero attached hydrogens (tertiary/aromatic N) is 1. The second kappa shape index (κ2) is 4.47. The minimum atomic E-state index is 0.269. The first-order valence-corrected chi connectivity index (χ1v) is 5.57. The molecule has 2 rings (SSSR count). The molecule has 1 atom stereocenters. The molecule has 0 aromatic heterocycles. The molecule has 80 valence electrons. The Hall–Kier alpha value is -1.31. The van der Waals surface area contributed by atoms with E-state index in [2.05, 4.69) is 6.92 Å². The van der Waals surface area contributed by atoms with Crippen LogP contribution in [0, 0.1) is 5.92 Å². The van der Waals surface area contributed by atoms with E-state index < -0.39 is 0 Å². The number of rotatable bonds is 2. The third-order valence-electron chi connectivity index (χ3n) is 2.97. The maximum absolute atomic E-state index is 11.9. The van der Waals surface area contributed by atoms with Crippen LogP contribution in [0.2, 0.25) is 0 Å². The van der Waals surface area contributed by atoms with Crippen LogP contribution in [0.1, 0.15) is 18.9 Å². The van der Waals surface area contributed by atoms with Gasteiger partial charge in [0, 0.05) is 13.1 Å².